The normalized spacial score (nSPS) is 10.2. The Kier molecular flexibility index (Phi) is 6.83. The fraction of sp³-hybridized carbons (Fsp3) is 0.750. The van der Waals surface area contributed by atoms with Crippen molar-refractivity contribution in [1.82, 2.24) is 15.0 Å². The van der Waals surface area contributed by atoms with Crippen molar-refractivity contribution >= 4 is 0 Å². The van der Waals surface area contributed by atoms with Gasteiger partial charge < -0.3 is 14.2 Å². The predicted octanol–water partition coefficient (Wildman–Crippen LogP) is 2.24. The zero-order valence-electron chi connectivity index (χ0n) is 11.3. The summed E-state index contributed by atoms with van der Waals surface area (Å²) in [7, 11) is 0. The highest BCUT2D eigenvalue weighted by Gasteiger charge is 2.09. The largest absolute Gasteiger partial charge is 0.463 e. The summed E-state index contributed by atoms with van der Waals surface area (Å²) in [5.74, 6) is 0. The highest BCUT2D eigenvalue weighted by atomic mass is 16.5. The molecule has 0 atom stereocenters. The zero-order chi connectivity index (χ0) is 13.2. The zero-order valence-corrected chi connectivity index (χ0v) is 11.3. The van der Waals surface area contributed by atoms with E-state index in [9.17, 15) is 0 Å². The van der Waals surface area contributed by atoms with Gasteiger partial charge in [-0.15, -0.1) is 15.0 Å². The number of ether oxygens (including phenoxy) is 3. The molecule has 18 heavy (non-hydrogen) atoms. The van der Waals surface area contributed by atoms with E-state index < -0.39 is 0 Å². The van der Waals surface area contributed by atoms with Gasteiger partial charge in [0.05, 0.1) is 19.8 Å². The van der Waals surface area contributed by atoms with E-state index in [1.807, 2.05) is 20.8 Å². The van der Waals surface area contributed by atoms with Gasteiger partial charge in [-0.25, -0.2) is 0 Å². The standard InChI is InChI=1S/C12H21N3O3/c1-4-7-16-10-13-11(17-8-5-2)15-12(14-10)18-9-6-3/h4-9H2,1-3H3. The van der Waals surface area contributed by atoms with Crippen LogP contribution in [-0.2, 0) is 0 Å². The molecule has 0 aliphatic rings. The van der Waals surface area contributed by atoms with Gasteiger partial charge in [0, 0.05) is 0 Å². The van der Waals surface area contributed by atoms with Crippen LogP contribution in [0.15, 0.2) is 0 Å². The second-order valence-corrected chi connectivity index (χ2v) is 3.73. The second kappa shape index (κ2) is 8.49. The van der Waals surface area contributed by atoms with Gasteiger partial charge in [0.2, 0.25) is 0 Å². The fourth-order valence-corrected chi connectivity index (χ4v) is 1.09. The van der Waals surface area contributed by atoms with Crippen LogP contribution < -0.4 is 14.2 Å². The van der Waals surface area contributed by atoms with Crippen molar-refractivity contribution in [1.29, 1.82) is 0 Å². The van der Waals surface area contributed by atoms with Gasteiger partial charge >= 0.3 is 18.0 Å². The maximum Gasteiger partial charge on any atom is 0.325 e. The van der Waals surface area contributed by atoms with Crippen molar-refractivity contribution in [3.63, 3.8) is 0 Å². The molecule has 1 heterocycles. The van der Waals surface area contributed by atoms with Crippen molar-refractivity contribution in [2.24, 2.45) is 0 Å². The van der Waals surface area contributed by atoms with Crippen LogP contribution in [0.4, 0.5) is 0 Å². The highest BCUT2D eigenvalue weighted by molar-refractivity contribution is 5.08. The molecule has 102 valence electrons. The first-order chi connectivity index (χ1) is 8.80. The Morgan fingerprint density at radius 1 is 0.611 bits per heavy atom. The van der Waals surface area contributed by atoms with Gasteiger partial charge in [-0.3, -0.25) is 0 Å². The number of hydrogen-bond donors (Lipinski definition) is 0. The van der Waals surface area contributed by atoms with Crippen LogP contribution in [0.3, 0.4) is 0 Å². The molecule has 0 fully saturated rings. The Morgan fingerprint density at radius 2 is 0.889 bits per heavy atom. The number of rotatable bonds is 9. The topological polar surface area (TPSA) is 66.4 Å². The lowest BCUT2D eigenvalue weighted by atomic mass is 10.5. The van der Waals surface area contributed by atoms with E-state index in [-0.39, 0.29) is 18.0 Å². The molecule has 1 aromatic rings. The summed E-state index contributed by atoms with van der Waals surface area (Å²) in [4.78, 5) is 12.2. The minimum atomic E-state index is 0.254. The van der Waals surface area contributed by atoms with E-state index in [2.05, 4.69) is 15.0 Å². The Balaban J connectivity index is 2.74. The molecule has 0 aliphatic heterocycles. The quantitative estimate of drug-likeness (QED) is 0.674. The maximum absolute atomic E-state index is 5.37. The van der Waals surface area contributed by atoms with Gasteiger partial charge in [0.1, 0.15) is 0 Å². The third kappa shape index (κ3) is 5.16. The first kappa shape index (κ1) is 14.5. The molecule has 0 radical (unpaired) electrons. The summed E-state index contributed by atoms with van der Waals surface area (Å²) in [6.07, 6.45) is 2.67. The van der Waals surface area contributed by atoms with Gasteiger partial charge in [0.15, 0.2) is 0 Å². The van der Waals surface area contributed by atoms with Crippen molar-refractivity contribution in [2.75, 3.05) is 19.8 Å². The average Bonchev–Trinajstić information content (AvgIpc) is 2.40. The van der Waals surface area contributed by atoms with Crippen LogP contribution in [0, 0.1) is 0 Å². The summed E-state index contributed by atoms with van der Waals surface area (Å²) in [6.45, 7) is 7.73. The third-order valence-electron chi connectivity index (χ3n) is 1.88. The molecule has 0 N–H and O–H groups in total. The predicted molar refractivity (Wildman–Crippen MR) is 67.2 cm³/mol. The average molecular weight is 255 g/mol. The molecule has 0 saturated carbocycles. The van der Waals surface area contributed by atoms with Crippen LogP contribution in [0.25, 0.3) is 0 Å². The summed E-state index contributed by atoms with van der Waals surface area (Å²) < 4.78 is 16.1. The molecule has 0 bridgehead atoms. The lowest BCUT2D eigenvalue weighted by Crippen LogP contribution is -2.08. The first-order valence-corrected chi connectivity index (χ1v) is 6.44. The van der Waals surface area contributed by atoms with Gasteiger partial charge in [-0.05, 0) is 19.3 Å². The van der Waals surface area contributed by atoms with E-state index in [0.29, 0.717) is 19.8 Å². The van der Waals surface area contributed by atoms with Gasteiger partial charge in [-0.2, -0.15) is 0 Å². The monoisotopic (exact) mass is 255 g/mol. The smallest absolute Gasteiger partial charge is 0.325 e. The number of nitrogens with zero attached hydrogens (tertiary/aromatic N) is 3. The molecule has 0 unspecified atom stereocenters. The number of hydrogen-bond acceptors (Lipinski definition) is 6. The number of aromatic nitrogens is 3. The molecular weight excluding hydrogens is 234 g/mol. The molecule has 1 rings (SSSR count). The van der Waals surface area contributed by atoms with Crippen LogP contribution in [0.5, 0.6) is 18.0 Å². The Morgan fingerprint density at radius 3 is 1.11 bits per heavy atom. The summed E-state index contributed by atoms with van der Waals surface area (Å²) in [5.41, 5.74) is 0. The van der Waals surface area contributed by atoms with Crippen molar-refractivity contribution in [2.45, 2.75) is 40.0 Å². The molecule has 0 aromatic carbocycles. The molecule has 0 saturated heterocycles. The van der Waals surface area contributed by atoms with E-state index >= 15 is 0 Å². The van der Waals surface area contributed by atoms with Crippen molar-refractivity contribution < 1.29 is 14.2 Å². The van der Waals surface area contributed by atoms with Crippen LogP contribution >= 0.6 is 0 Å². The summed E-state index contributed by atoms with van der Waals surface area (Å²) >= 11 is 0. The Bertz CT molecular complexity index is 283. The lowest BCUT2D eigenvalue weighted by Gasteiger charge is -2.08. The van der Waals surface area contributed by atoms with E-state index in [1.54, 1.807) is 0 Å². The molecule has 6 heteroatoms. The molecule has 0 spiro atoms. The minimum absolute atomic E-state index is 0.254. The highest BCUT2D eigenvalue weighted by Crippen LogP contribution is 2.15. The summed E-state index contributed by atoms with van der Waals surface area (Å²) in [5, 5.41) is 0. The van der Waals surface area contributed by atoms with Crippen LogP contribution in [0.2, 0.25) is 0 Å². The maximum atomic E-state index is 5.37. The van der Waals surface area contributed by atoms with E-state index in [4.69, 9.17) is 14.2 Å². The molecular formula is C12H21N3O3. The lowest BCUT2D eigenvalue weighted by molar-refractivity contribution is 0.235. The van der Waals surface area contributed by atoms with Crippen LogP contribution in [-0.4, -0.2) is 34.8 Å². The fourth-order valence-electron chi connectivity index (χ4n) is 1.09. The van der Waals surface area contributed by atoms with E-state index in [0.717, 1.165) is 19.3 Å². The molecule has 1 aromatic heterocycles. The molecule has 6 nitrogen and oxygen atoms in total. The molecule has 0 aliphatic carbocycles. The second-order valence-electron chi connectivity index (χ2n) is 3.73. The SMILES string of the molecule is CCCOc1nc(OCCC)nc(OCCC)n1. The van der Waals surface area contributed by atoms with E-state index in [1.165, 1.54) is 0 Å². The molecule has 0 amide bonds. The van der Waals surface area contributed by atoms with Crippen LogP contribution in [0.1, 0.15) is 40.0 Å². The minimum Gasteiger partial charge on any atom is -0.463 e. The van der Waals surface area contributed by atoms with Gasteiger partial charge in [-0.1, -0.05) is 20.8 Å². The Hall–Kier alpha value is -1.59. The third-order valence-corrected chi connectivity index (χ3v) is 1.88. The Labute approximate surface area is 108 Å². The summed E-state index contributed by atoms with van der Waals surface area (Å²) in [6, 6.07) is 0.761. The first-order valence-electron chi connectivity index (χ1n) is 6.44. The van der Waals surface area contributed by atoms with Gasteiger partial charge in [0.25, 0.3) is 0 Å². The van der Waals surface area contributed by atoms with Crippen molar-refractivity contribution in [3.05, 3.63) is 0 Å². The van der Waals surface area contributed by atoms with Crippen molar-refractivity contribution in [3.8, 4) is 18.0 Å².